The van der Waals surface area contributed by atoms with E-state index in [2.05, 4.69) is 59.3 Å². The van der Waals surface area contributed by atoms with Gasteiger partial charge in [-0.15, -0.1) is 0 Å². The molecule has 3 rings (SSSR count). The standard InChI is InChI=1S/C24H29N3O3/c1-4-19-21(23(28)30-5-2)20(27-24(29)26-19)15-25-22(17-9-7-6-8-10-17)18-13-11-16(3)12-14-18/h6-14,19,22,25H,4-5,15H2,1-3H3,(H2,26,27,29)/p+1/t19-,22+/m1/s1. The number of quaternary nitrogens is 1. The average Bonchev–Trinajstić information content (AvgIpc) is 2.75. The third kappa shape index (κ3) is 5.07. The van der Waals surface area contributed by atoms with Crippen LogP contribution in [0.2, 0.25) is 0 Å². The number of urea groups is 1. The molecule has 2 atom stereocenters. The van der Waals surface area contributed by atoms with Crippen LogP contribution in [0.15, 0.2) is 65.9 Å². The van der Waals surface area contributed by atoms with Gasteiger partial charge in [-0.05, 0) is 20.3 Å². The van der Waals surface area contributed by atoms with Crippen molar-refractivity contribution >= 4 is 12.0 Å². The summed E-state index contributed by atoms with van der Waals surface area (Å²) in [5, 5.41) is 7.80. The van der Waals surface area contributed by atoms with Crippen LogP contribution in [-0.4, -0.2) is 31.2 Å². The molecule has 0 aromatic heterocycles. The normalized spacial score (nSPS) is 17.2. The number of hydrogen-bond acceptors (Lipinski definition) is 3. The second-order valence-electron chi connectivity index (χ2n) is 7.41. The molecule has 0 radical (unpaired) electrons. The van der Waals surface area contributed by atoms with Crippen molar-refractivity contribution in [3.05, 3.63) is 82.6 Å². The van der Waals surface area contributed by atoms with Gasteiger partial charge in [0.25, 0.3) is 0 Å². The molecule has 2 aromatic rings. The lowest BCUT2D eigenvalue weighted by Gasteiger charge is -2.28. The highest BCUT2D eigenvalue weighted by molar-refractivity contribution is 5.94. The van der Waals surface area contributed by atoms with E-state index in [1.54, 1.807) is 6.92 Å². The van der Waals surface area contributed by atoms with Crippen molar-refractivity contribution in [3.8, 4) is 0 Å². The summed E-state index contributed by atoms with van der Waals surface area (Å²) in [5.74, 6) is -0.383. The number of carbonyl (C=O) groups excluding carboxylic acids is 2. The number of esters is 1. The molecule has 0 spiro atoms. The van der Waals surface area contributed by atoms with E-state index in [4.69, 9.17) is 4.74 Å². The monoisotopic (exact) mass is 408 g/mol. The number of hydrogen-bond donors (Lipinski definition) is 3. The van der Waals surface area contributed by atoms with Crippen LogP contribution in [0, 0.1) is 6.92 Å². The molecule has 0 saturated heterocycles. The van der Waals surface area contributed by atoms with E-state index >= 15 is 0 Å². The Morgan fingerprint density at radius 1 is 1.07 bits per heavy atom. The first kappa shape index (κ1) is 21.6. The Labute approximate surface area is 177 Å². The summed E-state index contributed by atoms with van der Waals surface area (Å²) < 4.78 is 5.27. The van der Waals surface area contributed by atoms with Crippen molar-refractivity contribution in [2.45, 2.75) is 39.3 Å². The van der Waals surface area contributed by atoms with Crippen LogP contribution in [0.1, 0.15) is 43.0 Å². The van der Waals surface area contributed by atoms with Gasteiger partial charge >= 0.3 is 12.0 Å². The number of benzene rings is 2. The number of amides is 2. The molecule has 6 nitrogen and oxygen atoms in total. The van der Waals surface area contributed by atoms with Crippen molar-refractivity contribution in [1.82, 2.24) is 10.6 Å². The second-order valence-corrected chi connectivity index (χ2v) is 7.41. The van der Waals surface area contributed by atoms with Gasteiger partial charge in [-0.25, -0.2) is 9.59 Å². The number of aryl methyl sites for hydroxylation is 1. The van der Waals surface area contributed by atoms with Gasteiger partial charge in [-0.1, -0.05) is 67.1 Å². The van der Waals surface area contributed by atoms with Gasteiger partial charge in [0.15, 0.2) is 0 Å². The maximum Gasteiger partial charge on any atom is 0.338 e. The highest BCUT2D eigenvalue weighted by atomic mass is 16.5. The van der Waals surface area contributed by atoms with Gasteiger partial charge < -0.3 is 20.7 Å². The van der Waals surface area contributed by atoms with E-state index in [1.807, 2.05) is 25.1 Å². The molecule has 1 heterocycles. The molecule has 0 aliphatic carbocycles. The Bertz CT molecular complexity index is 907. The average molecular weight is 409 g/mol. The zero-order valence-electron chi connectivity index (χ0n) is 17.8. The fraction of sp³-hybridized carbons (Fsp3) is 0.333. The summed E-state index contributed by atoms with van der Waals surface area (Å²) in [5.41, 5.74) is 4.64. The van der Waals surface area contributed by atoms with Crippen LogP contribution >= 0.6 is 0 Å². The predicted molar refractivity (Wildman–Crippen MR) is 116 cm³/mol. The Balaban J connectivity index is 1.92. The van der Waals surface area contributed by atoms with E-state index in [9.17, 15) is 9.59 Å². The van der Waals surface area contributed by atoms with Crippen LogP contribution in [-0.2, 0) is 9.53 Å². The summed E-state index contributed by atoms with van der Waals surface area (Å²) >= 11 is 0. The minimum atomic E-state index is -0.383. The largest absolute Gasteiger partial charge is 0.463 e. The number of carbonyl (C=O) groups is 2. The van der Waals surface area contributed by atoms with E-state index in [-0.39, 0.29) is 24.1 Å². The van der Waals surface area contributed by atoms with Crippen molar-refractivity contribution in [1.29, 1.82) is 0 Å². The summed E-state index contributed by atoms with van der Waals surface area (Å²) in [6.45, 7) is 6.53. The van der Waals surface area contributed by atoms with Crippen LogP contribution in [0.5, 0.6) is 0 Å². The topological polar surface area (TPSA) is 84.0 Å². The van der Waals surface area contributed by atoms with Crippen molar-refractivity contribution in [2.24, 2.45) is 0 Å². The van der Waals surface area contributed by atoms with Crippen molar-refractivity contribution in [2.75, 3.05) is 13.2 Å². The Morgan fingerprint density at radius 3 is 2.37 bits per heavy atom. The summed E-state index contributed by atoms with van der Waals surface area (Å²) in [6, 6.07) is 18.1. The minimum Gasteiger partial charge on any atom is -0.463 e. The first-order chi connectivity index (χ1) is 14.5. The maximum atomic E-state index is 12.6. The SMILES string of the molecule is CCOC(=O)C1=C(C[NH2+][C@@H](c2ccccc2)c2ccc(C)cc2)NC(=O)N[C@@H]1CC. The van der Waals surface area contributed by atoms with Gasteiger partial charge in [0, 0.05) is 11.1 Å². The summed E-state index contributed by atoms with van der Waals surface area (Å²) in [6.07, 6.45) is 0.616. The first-order valence-corrected chi connectivity index (χ1v) is 10.5. The molecule has 1 aliphatic rings. The number of nitrogens with two attached hydrogens (primary N) is 1. The number of ether oxygens (including phenoxy) is 1. The molecule has 4 N–H and O–H groups in total. The van der Waals surface area contributed by atoms with Gasteiger partial charge in [-0.2, -0.15) is 0 Å². The quantitative estimate of drug-likeness (QED) is 0.587. The van der Waals surface area contributed by atoms with E-state index in [0.717, 1.165) is 11.1 Å². The molecule has 1 aliphatic heterocycles. The molecular weight excluding hydrogens is 378 g/mol. The van der Waals surface area contributed by atoms with Gasteiger partial charge in [0.2, 0.25) is 0 Å². The lowest BCUT2D eigenvalue weighted by atomic mass is 9.96. The lowest BCUT2D eigenvalue weighted by molar-refractivity contribution is -0.680. The Kier molecular flexibility index (Phi) is 7.25. The van der Waals surface area contributed by atoms with Gasteiger partial charge in [-0.3, -0.25) is 0 Å². The van der Waals surface area contributed by atoms with E-state index in [1.165, 1.54) is 5.56 Å². The third-order valence-electron chi connectivity index (χ3n) is 5.30. The second kappa shape index (κ2) is 10.1. The lowest BCUT2D eigenvalue weighted by Crippen LogP contribution is -2.86. The summed E-state index contributed by atoms with van der Waals surface area (Å²) in [7, 11) is 0. The highest BCUT2D eigenvalue weighted by Gasteiger charge is 2.32. The highest BCUT2D eigenvalue weighted by Crippen LogP contribution is 2.20. The van der Waals surface area contributed by atoms with E-state index in [0.29, 0.717) is 30.8 Å². The Hall–Kier alpha value is -3.12. The van der Waals surface area contributed by atoms with Crippen LogP contribution in [0.25, 0.3) is 0 Å². The first-order valence-electron chi connectivity index (χ1n) is 10.5. The van der Waals surface area contributed by atoms with Crippen LogP contribution in [0.3, 0.4) is 0 Å². The van der Waals surface area contributed by atoms with Crippen LogP contribution < -0.4 is 16.0 Å². The molecule has 30 heavy (non-hydrogen) atoms. The number of nitrogens with one attached hydrogen (secondary N) is 2. The van der Waals surface area contributed by atoms with Gasteiger partial charge in [0.1, 0.15) is 12.6 Å². The predicted octanol–water partition coefficient (Wildman–Crippen LogP) is 2.56. The fourth-order valence-corrected chi connectivity index (χ4v) is 3.76. The molecule has 0 saturated carbocycles. The maximum absolute atomic E-state index is 12.6. The van der Waals surface area contributed by atoms with Gasteiger partial charge in [0.05, 0.1) is 23.9 Å². The molecule has 0 fully saturated rings. The molecule has 0 unspecified atom stereocenters. The molecular formula is C24H30N3O3+. The van der Waals surface area contributed by atoms with Crippen LogP contribution in [0.4, 0.5) is 4.79 Å². The van der Waals surface area contributed by atoms with E-state index < -0.39 is 0 Å². The molecule has 0 bridgehead atoms. The zero-order valence-corrected chi connectivity index (χ0v) is 17.8. The van der Waals surface area contributed by atoms with Crippen molar-refractivity contribution < 1.29 is 19.6 Å². The molecule has 158 valence electrons. The minimum absolute atomic E-state index is 0.0367. The summed E-state index contributed by atoms with van der Waals surface area (Å²) in [4.78, 5) is 24.8. The molecule has 6 heteroatoms. The number of rotatable bonds is 8. The smallest absolute Gasteiger partial charge is 0.338 e. The zero-order chi connectivity index (χ0) is 21.5. The molecule has 2 aromatic carbocycles. The molecule has 2 amide bonds. The third-order valence-corrected chi connectivity index (χ3v) is 5.30. The Morgan fingerprint density at radius 2 is 1.73 bits per heavy atom. The van der Waals surface area contributed by atoms with Crippen molar-refractivity contribution in [3.63, 3.8) is 0 Å². The fourth-order valence-electron chi connectivity index (χ4n) is 3.76.